The lowest BCUT2D eigenvalue weighted by atomic mass is 9.98. The molecular formula is C29H31FN3O9P. The number of halogens is 1. The number of allylic oxidation sites excluding steroid dienone is 2. The van der Waals surface area contributed by atoms with Gasteiger partial charge in [-0.05, 0) is 55.8 Å². The Morgan fingerprint density at radius 3 is 2.56 bits per heavy atom. The maximum Gasteiger partial charge on any atom is 0.459 e. The van der Waals surface area contributed by atoms with Crippen LogP contribution in [0.3, 0.4) is 0 Å². The van der Waals surface area contributed by atoms with Gasteiger partial charge in [-0.25, -0.2) is 13.8 Å². The van der Waals surface area contributed by atoms with Gasteiger partial charge >= 0.3 is 19.7 Å². The molecule has 2 aliphatic rings. The van der Waals surface area contributed by atoms with Crippen molar-refractivity contribution in [1.29, 1.82) is 0 Å². The van der Waals surface area contributed by atoms with Gasteiger partial charge < -0.3 is 24.8 Å². The van der Waals surface area contributed by atoms with Crippen LogP contribution in [-0.4, -0.2) is 69.6 Å². The van der Waals surface area contributed by atoms with Crippen LogP contribution < -0.4 is 14.9 Å². The number of urea groups is 1. The van der Waals surface area contributed by atoms with Crippen LogP contribution in [0.5, 0.6) is 5.75 Å². The summed E-state index contributed by atoms with van der Waals surface area (Å²) < 4.78 is 45.8. The fraction of sp³-hybridized carbons (Fsp3) is 0.276. The number of carboxylic acids is 1. The van der Waals surface area contributed by atoms with Crippen molar-refractivity contribution in [3.8, 4) is 5.75 Å². The minimum atomic E-state index is -4.50. The number of ketones is 1. The smallest absolute Gasteiger partial charge is 0.459 e. The third-order valence-electron chi connectivity index (χ3n) is 6.63. The van der Waals surface area contributed by atoms with E-state index in [0.717, 1.165) is 17.4 Å². The first kappa shape index (κ1) is 31.8. The molecule has 2 aliphatic heterocycles. The third-order valence-corrected chi connectivity index (χ3v) is 8.27. The summed E-state index contributed by atoms with van der Waals surface area (Å²) in [6.07, 6.45) is 0.874. The summed E-state index contributed by atoms with van der Waals surface area (Å²) in [4.78, 5) is 37.3. The molecule has 0 spiro atoms. The molecule has 12 nitrogen and oxygen atoms in total. The zero-order chi connectivity index (χ0) is 31.4. The number of aliphatic carboxylic acids is 1. The molecule has 228 valence electrons. The topological polar surface area (TPSA) is 164 Å². The Morgan fingerprint density at radius 2 is 1.93 bits per heavy atom. The number of carbonyl (C=O) groups excluding carboxylic acids is 2. The molecule has 6 atom stereocenters. The van der Waals surface area contributed by atoms with E-state index in [9.17, 15) is 29.2 Å². The van der Waals surface area contributed by atoms with Gasteiger partial charge in [0.15, 0.2) is 17.7 Å². The lowest BCUT2D eigenvalue weighted by Crippen LogP contribution is -2.53. The summed E-state index contributed by atoms with van der Waals surface area (Å²) in [7, 11) is -4.50. The summed E-state index contributed by atoms with van der Waals surface area (Å²) in [6, 6.07) is 12.6. The van der Waals surface area contributed by atoms with Crippen molar-refractivity contribution in [2.75, 3.05) is 6.61 Å². The van der Waals surface area contributed by atoms with E-state index in [4.69, 9.17) is 13.8 Å². The summed E-state index contributed by atoms with van der Waals surface area (Å²) >= 11 is 0. The Bertz CT molecular complexity index is 1480. The number of carboxylic acid groups (broad SMARTS) is 1. The SMILES string of the molecule is C=C1C=CN([C@@H]2O[C@H](COP(=O)(N[C@@H](C)C(=O)O)Oc3ccc(C(=O)/C=C/c4ccccc4)cc3)[C@@H](O)[C@@]2(C)F)C(=O)N1. The van der Waals surface area contributed by atoms with E-state index in [0.29, 0.717) is 5.56 Å². The Hall–Kier alpha value is -4.13. The molecule has 1 fully saturated rings. The van der Waals surface area contributed by atoms with Gasteiger partial charge in [0.25, 0.3) is 0 Å². The van der Waals surface area contributed by atoms with Crippen molar-refractivity contribution >= 4 is 31.6 Å². The molecule has 1 saturated heterocycles. The fourth-order valence-corrected chi connectivity index (χ4v) is 5.73. The Kier molecular flexibility index (Phi) is 9.63. The van der Waals surface area contributed by atoms with Crippen molar-refractivity contribution in [3.05, 3.63) is 96.4 Å². The molecule has 1 unspecified atom stereocenters. The first-order valence-corrected chi connectivity index (χ1v) is 14.6. The number of ether oxygens (including phenoxy) is 1. The number of nitrogens with zero attached hydrogens (tertiary/aromatic N) is 1. The van der Waals surface area contributed by atoms with E-state index in [1.165, 1.54) is 49.5 Å². The molecule has 2 heterocycles. The molecule has 4 rings (SSSR count). The summed E-state index contributed by atoms with van der Waals surface area (Å²) in [5.74, 6) is -1.70. The lowest BCUT2D eigenvalue weighted by molar-refractivity contribution is -0.138. The van der Waals surface area contributed by atoms with E-state index in [1.54, 1.807) is 6.08 Å². The van der Waals surface area contributed by atoms with Gasteiger partial charge in [-0.1, -0.05) is 43.0 Å². The van der Waals surface area contributed by atoms with Crippen LogP contribution >= 0.6 is 7.75 Å². The minimum absolute atomic E-state index is 0.0338. The van der Waals surface area contributed by atoms with Crippen LogP contribution in [0.25, 0.3) is 6.08 Å². The second-order valence-electron chi connectivity index (χ2n) is 10.0. The second-order valence-corrected chi connectivity index (χ2v) is 11.7. The number of carbonyl (C=O) groups is 3. The Balaban J connectivity index is 1.46. The van der Waals surface area contributed by atoms with Crippen LogP contribution in [0.2, 0.25) is 0 Å². The standard InChI is InChI=1S/C29H31FN3O9P/c1-18-15-16-33(28(38)31-18)27-29(3,30)25(35)24(41-27)17-40-43(39,32-19(2)26(36)37)42-22-12-10-21(11-13-22)23(34)14-9-20-7-5-4-6-8-20/h4-16,19,24-25,27,35H,1,17H2,2-3H3,(H,31,38)(H,32,39)(H,36,37)/b14-9+/t19-,24+,25+,27+,29+,43?/m0/s1. The van der Waals surface area contributed by atoms with Crippen molar-refractivity contribution in [3.63, 3.8) is 0 Å². The number of rotatable bonds is 12. The first-order chi connectivity index (χ1) is 20.3. The third kappa shape index (κ3) is 7.64. The quantitative estimate of drug-likeness (QED) is 0.156. The fourth-order valence-electron chi connectivity index (χ4n) is 4.22. The molecule has 0 aromatic heterocycles. The van der Waals surface area contributed by atoms with E-state index in [1.807, 2.05) is 30.3 Å². The van der Waals surface area contributed by atoms with Crippen molar-refractivity contribution in [2.24, 2.45) is 0 Å². The zero-order valence-electron chi connectivity index (χ0n) is 23.3. The second kappa shape index (κ2) is 13.0. The molecule has 43 heavy (non-hydrogen) atoms. The van der Waals surface area contributed by atoms with Crippen LogP contribution in [0, 0.1) is 0 Å². The predicted molar refractivity (Wildman–Crippen MR) is 153 cm³/mol. The molecule has 14 heteroatoms. The van der Waals surface area contributed by atoms with E-state index in [2.05, 4.69) is 17.0 Å². The minimum Gasteiger partial charge on any atom is -0.480 e. The average Bonchev–Trinajstić information content (AvgIpc) is 3.19. The normalized spacial score (nSPS) is 25.8. The summed E-state index contributed by atoms with van der Waals surface area (Å²) in [5.41, 5.74) is -1.06. The molecule has 0 radical (unpaired) electrons. The van der Waals surface area contributed by atoms with Crippen LogP contribution in [0.15, 0.2) is 85.2 Å². The highest BCUT2D eigenvalue weighted by atomic mass is 31.2. The lowest BCUT2D eigenvalue weighted by Gasteiger charge is -2.33. The maximum atomic E-state index is 15.6. The molecule has 2 aromatic rings. The number of alkyl halides is 1. The van der Waals surface area contributed by atoms with Crippen molar-refractivity contribution < 1.29 is 47.3 Å². The number of nitrogens with one attached hydrogen (secondary N) is 2. The van der Waals surface area contributed by atoms with Crippen molar-refractivity contribution in [1.82, 2.24) is 15.3 Å². The van der Waals surface area contributed by atoms with Gasteiger partial charge in [0.1, 0.15) is 24.0 Å². The number of aliphatic hydroxyl groups is 1. The number of amides is 2. The summed E-state index contributed by atoms with van der Waals surface area (Å²) in [5, 5.41) is 24.7. The molecule has 4 N–H and O–H groups in total. The predicted octanol–water partition coefficient (Wildman–Crippen LogP) is 4.02. The number of benzene rings is 2. The molecular weight excluding hydrogens is 584 g/mol. The van der Waals surface area contributed by atoms with Crippen LogP contribution in [0.1, 0.15) is 29.8 Å². The van der Waals surface area contributed by atoms with Crippen molar-refractivity contribution in [2.45, 2.75) is 44.0 Å². The molecule has 0 bridgehead atoms. The molecule has 2 amide bonds. The largest absolute Gasteiger partial charge is 0.480 e. The molecule has 2 aromatic carbocycles. The Morgan fingerprint density at radius 1 is 1.26 bits per heavy atom. The highest BCUT2D eigenvalue weighted by molar-refractivity contribution is 7.52. The monoisotopic (exact) mass is 615 g/mol. The highest BCUT2D eigenvalue weighted by Crippen LogP contribution is 2.46. The molecule has 0 saturated carbocycles. The van der Waals surface area contributed by atoms with Gasteiger partial charge in [-0.3, -0.25) is 19.0 Å². The maximum absolute atomic E-state index is 15.6. The van der Waals surface area contributed by atoms with Gasteiger partial charge in [0, 0.05) is 17.5 Å². The van der Waals surface area contributed by atoms with Gasteiger partial charge in [0.05, 0.1) is 6.61 Å². The van der Waals surface area contributed by atoms with Crippen LogP contribution in [0.4, 0.5) is 9.18 Å². The Labute approximate surface area is 247 Å². The van der Waals surface area contributed by atoms with Gasteiger partial charge in [0.2, 0.25) is 0 Å². The van der Waals surface area contributed by atoms with E-state index < -0.39 is 56.5 Å². The van der Waals surface area contributed by atoms with Crippen LogP contribution in [-0.2, 0) is 18.6 Å². The number of hydrogen-bond acceptors (Lipinski definition) is 8. The zero-order valence-corrected chi connectivity index (χ0v) is 24.1. The van der Waals surface area contributed by atoms with Gasteiger partial charge in [-0.2, -0.15) is 5.09 Å². The molecule has 0 aliphatic carbocycles. The summed E-state index contributed by atoms with van der Waals surface area (Å²) in [6.45, 7) is 5.12. The van der Waals surface area contributed by atoms with E-state index in [-0.39, 0.29) is 17.2 Å². The first-order valence-electron chi connectivity index (χ1n) is 13.1. The highest BCUT2D eigenvalue weighted by Gasteiger charge is 2.57. The van der Waals surface area contributed by atoms with Gasteiger partial charge in [-0.15, -0.1) is 0 Å². The average molecular weight is 616 g/mol. The number of hydrogen-bond donors (Lipinski definition) is 4. The number of aliphatic hydroxyl groups excluding tert-OH is 1. The van der Waals surface area contributed by atoms with E-state index >= 15 is 4.39 Å².